The molecule has 0 spiro atoms. The zero-order valence-electron chi connectivity index (χ0n) is 15.4. The third-order valence-corrected chi connectivity index (χ3v) is 6.01. The zero-order chi connectivity index (χ0) is 19.0. The van der Waals surface area contributed by atoms with Gasteiger partial charge >= 0.3 is 0 Å². The van der Waals surface area contributed by atoms with Crippen LogP contribution in [0.25, 0.3) is 0 Å². The van der Waals surface area contributed by atoms with Gasteiger partial charge in [0.2, 0.25) is 5.91 Å². The van der Waals surface area contributed by atoms with Gasteiger partial charge < -0.3 is 5.32 Å². The van der Waals surface area contributed by atoms with E-state index in [2.05, 4.69) is 21.9 Å². The van der Waals surface area contributed by atoms with E-state index in [-0.39, 0.29) is 17.8 Å². The number of hydrogen-bond acceptors (Lipinski definition) is 3. The summed E-state index contributed by atoms with van der Waals surface area (Å²) < 4.78 is 15.2. The van der Waals surface area contributed by atoms with E-state index in [4.69, 9.17) is 0 Å². The number of thiophene rings is 1. The van der Waals surface area contributed by atoms with Crippen LogP contribution in [0.1, 0.15) is 41.4 Å². The lowest BCUT2D eigenvalue weighted by molar-refractivity contribution is -0.123. The lowest BCUT2D eigenvalue weighted by Crippen LogP contribution is -2.38. The second kappa shape index (κ2) is 6.93. The first-order valence-corrected chi connectivity index (χ1v) is 10.0. The highest BCUT2D eigenvalue weighted by atomic mass is 32.1. The number of halogens is 1. The van der Waals surface area contributed by atoms with E-state index in [0.717, 1.165) is 35.4 Å². The highest BCUT2D eigenvalue weighted by molar-refractivity contribution is 7.08. The maximum absolute atomic E-state index is 13.2. The van der Waals surface area contributed by atoms with Crippen molar-refractivity contribution in [1.29, 1.82) is 0 Å². The maximum atomic E-state index is 13.2. The highest BCUT2D eigenvalue weighted by Crippen LogP contribution is 2.48. The fraction of sp³-hybridized carbons (Fsp3) is 0.333. The van der Waals surface area contributed by atoms with E-state index < -0.39 is 5.41 Å². The molecule has 1 saturated carbocycles. The number of nitrogens with one attached hydrogen (secondary N) is 1. The van der Waals surface area contributed by atoms with Crippen LogP contribution in [0.5, 0.6) is 0 Å². The van der Waals surface area contributed by atoms with Gasteiger partial charge in [-0.2, -0.15) is 16.4 Å². The average molecular weight is 383 g/mol. The van der Waals surface area contributed by atoms with Gasteiger partial charge in [0.05, 0.1) is 17.2 Å². The minimum absolute atomic E-state index is 0.0101. The molecule has 140 valence electrons. The van der Waals surface area contributed by atoms with Gasteiger partial charge in [-0.3, -0.25) is 9.48 Å². The van der Waals surface area contributed by atoms with E-state index in [9.17, 15) is 9.18 Å². The predicted molar refractivity (Wildman–Crippen MR) is 104 cm³/mol. The third-order valence-electron chi connectivity index (χ3n) is 5.31. The van der Waals surface area contributed by atoms with Crippen molar-refractivity contribution in [3.8, 4) is 0 Å². The Morgan fingerprint density at radius 3 is 2.59 bits per heavy atom. The molecule has 0 radical (unpaired) electrons. The van der Waals surface area contributed by atoms with Gasteiger partial charge in [0, 0.05) is 12.2 Å². The Balaban J connectivity index is 1.54. The molecule has 1 aromatic carbocycles. The second-order valence-electron chi connectivity index (χ2n) is 7.24. The standard InChI is InChI=1S/C21H22FN3OS/c1-14-11-15(2)25(24-14)19(16-7-10-27-13-16)12-23-20(26)21(8-9-21)17-3-5-18(22)6-4-17/h3-7,10-11,13,19H,8-9,12H2,1-2H3,(H,23,26)/t19-/m1/s1. The topological polar surface area (TPSA) is 46.9 Å². The monoisotopic (exact) mass is 383 g/mol. The fourth-order valence-corrected chi connectivity index (χ4v) is 4.38. The summed E-state index contributed by atoms with van der Waals surface area (Å²) in [6.07, 6.45) is 1.60. The summed E-state index contributed by atoms with van der Waals surface area (Å²) >= 11 is 1.64. The van der Waals surface area contributed by atoms with Gasteiger partial charge in [0.1, 0.15) is 5.82 Å². The Hall–Kier alpha value is -2.47. The molecule has 1 amide bonds. The molecule has 1 aliphatic rings. The van der Waals surface area contributed by atoms with Crippen LogP contribution in [-0.4, -0.2) is 22.2 Å². The van der Waals surface area contributed by atoms with E-state index in [1.165, 1.54) is 12.1 Å². The highest BCUT2D eigenvalue weighted by Gasteiger charge is 2.51. The molecule has 3 aromatic rings. The zero-order valence-corrected chi connectivity index (χ0v) is 16.2. The number of benzene rings is 1. The number of aromatic nitrogens is 2. The summed E-state index contributed by atoms with van der Waals surface area (Å²) in [5.41, 5.74) is 3.54. The average Bonchev–Trinajstić information content (AvgIpc) is 3.14. The van der Waals surface area contributed by atoms with Crippen LogP contribution in [0.4, 0.5) is 4.39 Å². The van der Waals surface area contributed by atoms with Crippen molar-refractivity contribution in [2.24, 2.45) is 0 Å². The van der Waals surface area contributed by atoms with Crippen molar-refractivity contribution in [1.82, 2.24) is 15.1 Å². The van der Waals surface area contributed by atoms with Crippen LogP contribution < -0.4 is 5.32 Å². The summed E-state index contributed by atoms with van der Waals surface area (Å²) in [5.74, 6) is -0.270. The molecule has 0 saturated heterocycles. The van der Waals surface area contributed by atoms with Crippen LogP contribution in [0.2, 0.25) is 0 Å². The Kier molecular flexibility index (Phi) is 4.60. The van der Waals surface area contributed by atoms with E-state index >= 15 is 0 Å². The van der Waals surface area contributed by atoms with E-state index in [0.29, 0.717) is 6.54 Å². The fourth-order valence-electron chi connectivity index (χ4n) is 3.67. The van der Waals surface area contributed by atoms with Gasteiger partial charge in [-0.15, -0.1) is 0 Å². The molecule has 2 aromatic heterocycles. The number of amides is 1. The van der Waals surface area contributed by atoms with Gasteiger partial charge in [-0.25, -0.2) is 4.39 Å². The molecule has 0 bridgehead atoms. The summed E-state index contributed by atoms with van der Waals surface area (Å²) in [6, 6.07) is 10.4. The Morgan fingerprint density at radius 1 is 1.30 bits per heavy atom. The van der Waals surface area contributed by atoms with Crippen LogP contribution in [0, 0.1) is 19.7 Å². The molecule has 27 heavy (non-hydrogen) atoms. The number of nitrogens with zero attached hydrogens (tertiary/aromatic N) is 2. The molecule has 1 atom stereocenters. The van der Waals surface area contributed by atoms with Crippen molar-refractivity contribution in [2.45, 2.75) is 38.1 Å². The minimum Gasteiger partial charge on any atom is -0.353 e. The lowest BCUT2D eigenvalue weighted by atomic mass is 9.95. The Labute approximate surface area is 162 Å². The summed E-state index contributed by atoms with van der Waals surface area (Å²) in [4.78, 5) is 13.0. The molecule has 1 aliphatic carbocycles. The molecular weight excluding hydrogens is 361 g/mol. The van der Waals surface area contributed by atoms with Gasteiger partial charge in [0.15, 0.2) is 0 Å². The smallest absolute Gasteiger partial charge is 0.230 e. The molecule has 1 fully saturated rings. The van der Waals surface area contributed by atoms with Crippen LogP contribution in [0.3, 0.4) is 0 Å². The molecule has 4 nitrogen and oxygen atoms in total. The maximum Gasteiger partial charge on any atom is 0.230 e. The first kappa shape index (κ1) is 17.9. The van der Waals surface area contributed by atoms with Crippen molar-refractivity contribution < 1.29 is 9.18 Å². The summed E-state index contributed by atoms with van der Waals surface area (Å²) in [5, 5.41) is 11.9. The number of carbonyl (C=O) groups excluding carboxylic acids is 1. The van der Waals surface area contributed by atoms with Gasteiger partial charge in [-0.05, 0) is 72.8 Å². The molecule has 1 N–H and O–H groups in total. The van der Waals surface area contributed by atoms with Crippen LogP contribution in [-0.2, 0) is 10.2 Å². The SMILES string of the molecule is Cc1cc(C)n([C@H](CNC(=O)C2(c3ccc(F)cc3)CC2)c2ccsc2)n1. The normalized spacial score (nSPS) is 16.1. The largest absolute Gasteiger partial charge is 0.353 e. The quantitative estimate of drug-likeness (QED) is 0.695. The summed E-state index contributed by atoms with van der Waals surface area (Å²) in [7, 11) is 0. The molecule has 0 unspecified atom stereocenters. The van der Waals surface area contributed by atoms with Crippen molar-refractivity contribution >= 4 is 17.2 Å². The van der Waals surface area contributed by atoms with Crippen molar-refractivity contribution in [3.05, 3.63) is 75.5 Å². The molecular formula is C21H22FN3OS. The minimum atomic E-state index is -0.512. The first-order valence-electron chi connectivity index (χ1n) is 9.09. The first-order chi connectivity index (χ1) is 13.0. The summed E-state index contributed by atoms with van der Waals surface area (Å²) in [6.45, 7) is 4.48. The molecule has 2 heterocycles. The van der Waals surface area contributed by atoms with Crippen molar-refractivity contribution in [2.75, 3.05) is 6.54 Å². The van der Waals surface area contributed by atoms with E-state index in [1.807, 2.05) is 30.0 Å². The van der Waals surface area contributed by atoms with Crippen LogP contribution >= 0.6 is 11.3 Å². The number of carbonyl (C=O) groups is 1. The molecule has 6 heteroatoms. The van der Waals surface area contributed by atoms with Crippen LogP contribution in [0.15, 0.2) is 47.2 Å². The molecule has 0 aliphatic heterocycles. The van der Waals surface area contributed by atoms with E-state index in [1.54, 1.807) is 23.5 Å². The third kappa shape index (κ3) is 3.41. The lowest BCUT2D eigenvalue weighted by Gasteiger charge is -2.22. The van der Waals surface area contributed by atoms with Crippen molar-refractivity contribution in [3.63, 3.8) is 0 Å². The van der Waals surface area contributed by atoms with Gasteiger partial charge in [0.25, 0.3) is 0 Å². The number of rotatable bonds is 6. The molecule has 4 rings (SSSR count). The second-order valence-corrected chi connectivity index (χ2v) is 8.02. The van der Waals surface area contributed by atoms with Gasteiger partial charge in [-0.1, -0.05) is 12.1 Å². The predicted octanol–water partition coefficient (Wildman–Crippen LogP) is 4.14. The number of hydrogen-bond donors (Lipinski definition) is 1. The number of aryl methyl sites for hydroxylation is 2. The Bertz CT molecular complexity index is 942. The Morgan fingerprint density at radius 2 is 2.04 bits per heavy atom.